The molecule has 0 fully saturated rings. The Labute approximate surface area is 86.4 Å². The van der Waals surface area contributed by atoms with E-state index in [9.17, 15) is 14.4 Å². The third-order valence-corrected chi connectivity index (χ3v) is 1.47. The van der Waals surface area contributed by atoms with E-state index in [1.807, 2.05) is 0 Å². The van der Waals surface area contributed by atoms with Gasteiger partial charge in [-0.25, -0.2) is 4.79 Å². The molecule has 0 bridgehead atoms. The fourth-order valence-electron chi connectivity index (χ4n) is 0.792. The van der Waals surface area contributed by atoms with Gasteiger partial charge in [0.15, 0.2) is 5.78 Å². The number of carboxylic acid groups (broad SMARTS) is 1. The first-order valence-electron chi connectivity index (χ1n) is 4.24. The molecule has 0 aliphatic heterocycles. The predicted molar refractivity (Wildman–Crippen MR) is 48.7 cm³/mol. The SMILES string of the molecule is C=CC(=O)C(CC(=O)O)C(=O)OOCC. The van der Waals surface area contributed by atoms with E-state index in [1.54, 1.807) is 6.92 Å². The van der Waals surface area contributed by atoms with Crippen LogP contribution < -0.4 is 0 Å². The fourth-order valence-corrected chi connectivity index (χ4v) is 0.792. The first kappa shape index (κ1) is 13.3. The van der Waals surface area contributed by atoms with Crippen molar-refractivity contribution < 1.29 is 29.3 Å². The van der Waals surface area contributed by atoms with Gasteiger partial charge in [0.25, 0.3) is 0 Å². The summed E-state index contributed by atoms with van der Waals surface area (Å²) in [5, 5.41) is 8.47. The van der Waals surface area contributed by atoms with E-state index in [2.05, 4.69) is 16.4 Å². The van der Waals surface area contributed by atoms with E-state index in [-0.39, 0.29) is 6.61 Å². The Kier molecular flexibility index (Phi) is 5.96. The first-order valence-corrected chi connectivity index (χ1v) is 4.24. The number of aliphatic carboxylic acids is 1. The maximum Gasteiger partial charge on any atom is 0.353 e. The van der Waals surface area contributed by atoms with E-state index in [0.717, 1.165) is 6.08 Å². The summed E-state index contributed by atoms with van der Waals surface area (Å²) < 4.78 is 0. The second kappa shape index (κ2) is 6.72. The first-order chi connectivity index (χ1) is 7.02. The zero-order valence-electron chi connectivity index (χ0n) is 8.26. The van der Waals surface area contributed by atoms with Gasteiger partial charge in [0.2, 0.25) is 0 Å². The highest BCUT2D eigenvalue weighted by molar-refractivity contribution is 6.06. The number of allylic oxidation sites excluding steroid dienone is 1. The summed E-state index contributed by atoms with van der Waals surface area (Å²) in [6.07, 6.45) is 0.234. The van der Waals surface area contributed by atoms with Crippen molar-refractivity contribution in [3.05, 3.63) is 12.7 Å². The van der Waals surface area contributed by atoms with Crippen molar-refractivity contribution in [3.63, 3.8) is 0 Å². The Balaban J connectivity index is 4.47. The number of carbonyl (C=O) groups is 3. The normalized spacial score (nSPS) is 11.5. The molecule has 1 unspecified atom stereocenters. The van der Waals surface area contributed by atoms with E-state index in [4.69, 9.17) is 5.11 Å². The number of ketones is 1. The molecule has 0 aromatic carbocycles. The lowest BCUT2D eigenvalue weighted by atomic mass is 10.0. The summed E-state index contributed by atoms with van der Waals surface area (Å²) in [7, 11) is 0. The number of carboxylic acids is 1. The maximum absolute atomic E-state index is 11.2. The van der Waals surface area contributed by atoms with Gasteiger partial charge >= 0.3 is 11.9 Å². The number of hydrogen-bond acceptors (Lipinski definition) is 5. The molecule has 0 aliphatic carbocycles. The molecule has 0 rings (SSSR count). The molecule has 0 saturated carbocycles. The van der Waals surface area contributed by atoms with Gasteiger partial charge in [-0.1, -0.05) is 6.58 Å². The lowest BCUT2D eigenvalue weighted by Gasteiger charge is -2.08. The van der Waals surface area contributed by atoms with Crippen LogP contribution in [0.4, 0.5) is 0 Å². The van der Waals surface area contributed by atoms with Gasteiger partial charge in [0.1, 0.15) is 5.92 Å². The Morgan fingerprint density at radius 1 is 1.47 bits per heavy atom. The lowest BCUT2D eigenvalue weighted by molar-refractivity contribution is -0.272. The molecule has 6 nitrogen and oxygen atoms in total. The van der Waals surface area contributed by atoms with Crippen LogP contribution in [0.1, 0.15) is 13.3 Å². The quantitative estimate of drug-likeness (QED) is 0.285. The molecule has 0 spiro atoms. The van der Waals surface area contributed by atoms with Gasteiger partial charge in [-0.15, -0.1) is 0 Å². The van der Waals surface area contributed by atoms with Crippen LogP contribution in [0.5, 0.6) is 0 Å². The Bertz CT molecular complexity index is 270. The standard InChI is InChI=1S/C9H12O6/c1-3-7(10)6(5-8(11)12)9(13)15-14-4-2/h3,6H,1,4-5H2,2H3,(H,11,12). The Morgan fingerprint density at radius 2 is 2.07 bits per heavy atom. The van der Waals surface area contributed by atoms with Gasteiger partial charge < -0.3 is 5.11 Å². The van der Waals surface area contributed by atoms with Crippen LogP contribution in [0.25, 0.3) is 0 Å². The highest BCUT2D eigenvalue weighted by Crippen LogP contribution is 2.08. The van der Waals surface area contributed by atoms with Crippen molar-refractivity contribution in [3.8, 4) is 0 Å². The third-order valence-electron chi connectivity index (χ3n) is 1.47. The summed E-state index contributed by atoms with van der Waals surface area (Å²) >= 11 is 0. The maximum atomic E-state index is 11.2. The fraction of sp³-hybridized carbons (Fsp3) is 0.444. The van der Waals surface area contributed by atoms with E-state index in [0.29, 0.717) is 0 Å². The highest BCUT2D eigenvalue weighted by Gasteiger charge is 2.29. The Morgan fingerprint density at radius 3 is 2.47 bits per heavy atom. The molecule has 1 atom stereocenters. The minimum absolute atomic E-state index is 0.119. The average molecular weight is 216 g/mol. The number of hydrogen-bond donors (Lipinski definition) is 1. The largest absolute Gasteiger partial charge is 0.481 e. The molecule has 0 radical (unpaired) electrons. The number of rotatable bonds is 7. The smallest absolute Gasteiger partial charge is 0.353 e. The molecule has 6 heteroatoms. The molecule has 84 valence electrons. The molecule has 0 aliphatic rings. The van der Waals surface area contributed by atoms with Gasteiger partial charge in [-0.2, -0.15) is 4.89 Å². The van der Waals surface area contributed by atoms with Crippen LogP contribution in [-0.4, -0.2) is 29.4 Å². The molecule has 0 aromatic heterocycles. The molecular weight excluding hydrogens is 204 g/mol. The van der Waals surface area contributed by atoms with Crippen LogP contribution in [0.15, 0.2) is 12.7 Å². The zero-order valence-corrected chi connectivity index (χ0v) is 8.26. The summed E-state index contributed by atoms with van der Waals surface area (Å²) in [4.78, 5) is 41.2. The lowest BCUT2D eigenvalue weighted by Crippen LogP contribution is -2.27. The van der Waals surface area contributed by atoms with Gasteiger partial charge in [-0.3, -0.25) is 14.5 Å². The molecule has 0 heterocycles. The van der Waals surface area contributed by atoms with Gasteiger partial charge in [0, 0.05) is 0 Å². The summed E-state index contributed by atoms with van der Waals surface area (Å²) in [6.45, 7) is 4.86. The van der Waals surface area contributed by atoms with Crippen LogP contribution >= 0.6 is 0 Å². The zero-order chi connectivity index (χ0) is 11.8. The van der Waals surface area contributed by atoms with Gasteiger partial charge in [0.05, 0.1) is 13.0 Å². The number of carbonyl (C=O) groups excluding carboxylic acids is 2. The van der Waals surface area contributed by atoms with Crippen molar-refractivity contribution in [2.24, 2.45) is 5.92 Å². The van der Waals surface area contributed by atoms with E-state index >= 15 is 0 Å². The van der Waals surface area contributed by atoms with Crippen LogP contribution in [0.3, 0.4) is 0 Å². The monoisotopic (exact) mass is 216 g/mol. The van der Waals surface area contributed by atoms with Crippen molar-refractivity contribution in [2.45, 2.75) is 13.3 Å². The van der Waals surface area contributed by atoms with Gasteiger partial charge in [-0.05, 0) is 13.0 Å². The summed E-state index contributed by atoms with van der Waals surface area (Å²) in [6, 6.07) is 0. The van der Waals surface area contributed by atoms with Crippen LogP contribution in [0.2, 0.25) is 0 Å². The molecule has 1 N–H and O–H groups in total. The molecule has 0 saturated heterocycles. The minimum atomic E-state index is -1.40. The van der Waals surface area contributed by atoms with Crippen molar-refractivity contribution in [2.75, 3.05) is 6.61 Å². The predicted octanol–water partition coefficient (Wildman–Crippen LogP) is 0.327. The van der Waals surface area contributed by atoms with Crippen molar-refractivity contribution in [1.82, 2.24) is 0 Å². The van der Waals surface area contributed by atoms with Crippen LogP contribution in [0, 0.1) is 5.92 Å². The van der Waals surface area contributed by atoms with Crippen LogP contribution in [-0.2, 0) is 24.2 Å². The topological polar surface area (TPSA) is 89.9 Å². The Hall–Kier alpha value is -1.69. The van der Waals surface area contributed by atoms with Crippen molar-refractivity contribution >= 4 is 17.7 Å². The molecule has 0 aromatic rings. The molecule has 15 heavy (non-hydrogen) atoms. The van der Waals surface area contributed by atoms with E-state index in [1.165, 1.54) is 0 Å². The highest BCUT2D eigenvalue weighted by atomic mass is 17.2. The molecule has 0 amide bonds. The summed E-state index contributed by atoms with van der Waals surface area (Å²) in [5.74, 6) is -4.40. The second-order valence-electron chi connectivity index (χ2n) is 2.57. The minimum Gasteiger partial charge on any atom is -0.481 e. The van der Waals surface area contributed by atoms with Crippen molar-refractivity contribution in [1.29, 1.82) is 0 Å². The second-order valence-corrected chi connectivity index (χ2v) is 2.57. The van der Waals surface area contributed by atoms with E-state index < -0.39 is 30.1 Å². The molecular formula is C9H12O6. The average Bonchev–Trinajstić information content (AvgIpc) is 2.21. The summed E-state index contributed by atoms with van der Waals surface area (Å²) in [5.41, 5.74) is 0. The third kappa shape index (κ3) is 4.92.